The maximum Gasteiger partial charge on any atom is 0.224 e. The molecule has 0 aliphatic carbocycles. The molecule has 0 bridgehead atoms. The van der Waals surface area contributed by atoms with Crippen LogP contribution in [0.1, 0.15) is 213 Å². The van der Waals surface area contributed by atoms with Crippen LogP contribution in [0, 0.1) is 0 Å². The molecule has 86 heavy (non-hydrogen) atoms. The number of carbonyl (C=O) groups is 1. The van der Waals surface area contributed by atoms with E-state index in [-0.39, 0.29) is 6.42 Å². The molecule has 3 rings (SSSR count). The molecular formula is C67H117NO18. The van der Waals surface area contributed by atoms with Gasteiger partial charge in [-0.15, -0.1) is 0 Å². The average Bonchev–Trinajstić information content (AvgIpc) is 2.24. The molecule has 3 saturated heterocycles. The summed E-state index contributed by atoms with van der Waals surface area (Å²) in [5.74, 6) is -0.403. The molecule has 19 heteroatoms. The molecule has 0 aromatic heterocycles. The Morgan fingerprint density at radius 2 is 0.791 bits per heavy atom. The van der Waals surface area contributed by atoms with Gasteiger partial charge in [-0.1, -0.05) is 234 Å². The third kappa shape index (κ3) is 31.3. The highest BCUT2D eigenvalue weighted by Crippen LogP contribution is 2.33. The highest BCUT2D eigenvalue weighted by atomic mass is 16.8. The van der Waals surface area contributed by atoms with Crippen molar-refractivity contribution in [1.82, 2.24) is 5.32 Å². The van der Waals surface area contributed by atoms with E-state index in [4.69, 9.17) is 28.4 Å². The van der Waals surface area contributed by atoms with Crippen molar-refractivity contribution in [2.75, 3.05) is 26.4 Å². The number of nitrogens with one attached hydrogen (secondary N) is 1. The van der Waals surface area contributed by atoms with Crippen LogP contribution in [0.5, 0.6) is 0 Å². The van der Waals surface area contributed by atoms with E-state index in [1.807, 2.05) is 18.2 Å². The van der Waals surface area contributed by atoms with E-state index in [9.17, 15) is 61.0 Å². The first-order valence-electron chi connectivity index (χ1n) is 33.2. The van der Waals surface area contributed by atoms with Crippen LogP contribution in [0.3, 0.4) is 0 Å². The van der Waals surface area contributed by atoms with Gasteiger partial charge >= 0.3 is 0 Å². The summed E-state index contributed by atoms with van der Waals surface area (Å²) in [7, 11) is 0. The molecule has 498 valence electrons. The van der Waals surface area contributed by atoms with Crippen LogP contribution >= 0.6 is 0 Å². The topological polar surface area (TPSA) is 307 Å². The first kappa shape index (κ1) is 77.5. The normalized spacial score (nSPS) is 29.2. The Labute approximate surface area is 515 Å². The minimum Gasteiger partial charge on any atom is -0.394 e. The lowest BCUT2D eigenvalue weighted by Gasteiger charge is -2.48. The molecule has 0 aromatic rings. The number of carbonyl (C=O) groups excluding carboxylic acids is 1. The zero-order valence-electron chi connectivity index (χ0n) is 52.3. The number of allylic oxidation sites excluding steroid dienone is 10. The predicted molar refractivity (Wildman–Crippen MR) is 332 cm³/mol. The number of amides is 1. The van der Waals surface area contributed by atoms with Crippen molar-refractivity contribution < 1.29 is 89.4 Å². The van der Waals surface area contributed by atoms with Gasteiger partial charge in [-0.25, -0.2) is 0 Å². The van der Waals surface area contributed by atoms with Crippen molar-refractivity contribution in [2.45, 2.75) is 317 Å². The maximum atomic E-state index is 13.3. The van der Waals surface area contributed by atoms with Crippen molar-refractivity contribution in [3.8, 4) is 0 Å². The number of unbranched alkanes of at least 4 members (excludes halogenated alkanes) is 24. The number of ether oxygens (including phenoxy) is 6. The van der Waals surface area contributed by atoms with Crippen molar-refractivity contribution in [2.24, 2.45) is 0 Å². The van der Waals surface area contributed by atoms with Gasteiger partial charge in [0.15, 0.2) is 18.9 Å². The smallest absolute Gasteiger partial charge is 0.224 e. The summed E-state index contributed by atoms with van der Waals surface area (Å²) in [4.78, 5) is 13.3. The Bertz CT molecular complexity index is 1850. The molecule has 17 unspecified atom stereocenters. The Kier molecular flexibility index (Phi) is 44.1. The molecule has 19 nitrogen and oxygen atoms in total. The lowest BCUT2D eigenvalue weighted by Crippen LogP contribution is -2.66. The summed E-state index contributed by atoms with van der Waals surface area (Å²) >= 11 is 0. The van der Waals surface area contributed by atoms with Gasteiger partial charge in [0.2, 0.25) is 5.91 Å². The summed E-state index contributed by atoms with van der Waals surface area (Å²) in [5.41, 5.74) is 0. The van der Waals surface area contributed by atoms with Gasteiger partial charge in [-0.2, -0.15) is 0 Å². The molecule has 0 radical (unpaired) electrons. The van der Waals surface area contributed by atoms with E-state index in [1.54, 1.807) is 12.2 Å². The number of aliphatic hydroxyl groups is 11. The van der Waals surface area contributed by atoms with Crippen molar-refractivity contribution in [3.05, 3.63) is 72.9 Å². The van der Waals surface area contributed by atoms with E-state index in [0.717, 1.165) is 51.4 Å². The average molecular weight is 1220 g/mol. The zero-order valence-corrected chi connectivity index (χ0v) is 52.3. The molecule has 17 atom stereocenters. The fourth-order valence-electron chi connectivity index (χ4n) is 10.9. The summed E-state index contributed by atoms with van der Waals surface area (Å²) in [5, 5.41) is 120. The fraction of sp³-hybridized carbons (Fsp3) is 0.806. The van der Waals surface area contributed by atoms with Gasteiger partial charge in [-0.3, -0.25) is 4.79 Å². The van der Waals surface area contributed by atoms with E-state index >= 15 is 0 Å². The monoisotopic (exact) mass is 1220 g/mol. The quantitative estimate of drug-likeness (QED) is 0.0204. The molecule has 3 heterocycles. The van der Waals surface area contributed by atoms with Crippen LogP contribution in [0.2, 0.25) is 0 Å². The standard InChI is InChI=1S/C67H117NO18/c1-3-5-7-9-11-13-15-17-19-20-21-22-23-24-25-26-27-28-29-31-32-34-36-38-40-42-44-51(72)50(68-55(73)45-43-41-39-37-35-33-30-18-16-14-12-10-8-6-4-2)49-81-65-61(79)58(76)63(53(47-70)83-65)86-67-62(80)59(77)64(54(48-71)84-67)85-66-60(78)57(75)56(74)52(46-69)82-66/h6,8,12,14,18,30,35,37,41-44,50-54,56-67,69-72,74-80H,3-5,7,9-11,13,15-17,19-29,31-34,36,38-40,45-49H2,1-2H3,(H,68,73)/b8-6-,14-12-,30-18-,37-35-,43-41-,44-42+. The summed E-state index contributed by atoms with van der Waals surface area (Å²) in [6, 6.07) is -1.03. The van der Waals surface area contributed by atoms with Gasteiger partial charge in [0, 0.05) is 6.42 Å². The third-order valence-electron chi connectivity index (χ3n) is 16.3. The summed E-state index contributed by atoms with van der Waals surface area (Å²) in [6.07, 6.45) is 33.5. The Morgan fingerprint density at radius 3 is 1.21 bits per heavy atom. The lowest BCUT2D eigenvalue weighted by molar-refractivity contribution is -0.379. The van der Waals surface area contributed by atoms with Gasteiger partial charge < -0.3 is 89.9 Å². The molecule has 3 aliphatic heterocycles. The van der Waals surface area contributed by atoms with Crippen LogP contribution in [-0.4, -0.2) is 193 Å². The second kappa shape index (κ2) is 49.0. The SMILES string of the molecule is CC/C=C\C/C=C\C/C=C\C/C=C\C/C=C\CC(=O)NC(COC1OC(CO)C(OC2OC(CO)C(OC3OC(CO)C(O)C(O)C3O)C(O)C2O)C(O)C1O)C(O)/C=C/CCCCCCCCCCCCCCCCCCCCCCCCCC. The van der Waals surface area contributed by atoms with Crippen LogP contribution < -0.4 is 5.32 Å². The molecule has 3 aliphatic rings. The Balaban J connectivity index is 1.46. The molecule has 0 saturated carbocycles. The number of hydrogen-bond donors (Lipinski definition) is 12. The van der Waals surface area contributed by atoms with Gasteiger partial charge in [0.25, 0.3) is 0 Å². The Hall–Kier alpha value is -2.77. The third-order valence-corrected chi connectivity index (χ3v) is 16.3. The highest BCUT2D eigenvalue weighted by molar-refractivity contribution is 5.77. The van der Waals surface area contributed by atoms with Crippen LogP contribution in [0.15, 0.2) is 72.9 Å². The zero-order chi connectivity index (χ0) is 62.6. The summed E-state index contributed by atoms with van der Waals surface area (Å²) < 4.78 is 34.2. The predicted octanol–water partition coefficient (Wildman–Crippen LogP) is 7.77. The van der Waals surface area contributed by atoms with Crippen LogP contribution in [0.25, 0.3) is 0 Å². The molecule has 0 aromatic carbocycles. The van der Waals surface area contributed by atoms with Gasteiger partial charge in [0.05, 0.1) is 38.6 Å². The fourth-order valence-corrected chi connectivity index (χ4v) is 10.9. The highest BCUT2D eigenvalue weighted by Gasteiger charge is 2.53. The molecular weight excluding hydrogens is 1110 g/mol. The molecule has 12 N–H and O–H groups in total. The van der Waals surface area contributed by atoms with Gasteiger partial charge in [0.1, 0.15) is 73.2 Å². The number of aliphatic hydroxyl groups excluding tert-OH is 11. The summed E-state index contributed by atoms with van der Waals surface area (Å²) in [6.45, 7) is 1.54. The van der Waals surface area contributed by atoms with E-state index < -0.39 is 137 Å². The molecule has 1 amide bonds. The van der Waals surface area contributed by atoms with Crippen LogP contribution in [0.4, 0.5) is 0 Å². The van der Waals surface area contributed by atoms with Crippen LogP contribution in [-0.2, 0) is 33.2 Å². The second-order valence-corrected chi connectivity index (χ2v) is 23.6. The second-order valence-electron chi connectivity index (χ2n) is 23.6. The molecule has 0 spiro atoms. The van der Waals surface area contributed by atoms with Crippen molar-refractivity contribution >= 4 is 5.91 Å². The van der Waals surface area contributed by atoms with Crippen molar-refractivity contribution in [1.29, 1.82) is 0 Å². The van der Waals surface area contributed by atoms with Gasteiger partial charge in [-0.05, 0) is 44.9 Å². The van der Waals surface area contributed by atoms with E-state index in [2.05, 4.69) is 61.7 Å². The van der Waals surface area contributed by atoms with E-state index in [0.29, 0.717) is 6.42 Å². The number of rotatable bonds is 49. The minimum atomic E-state index is -1.99. The number of hydrogen-bond acceptors (Lipinski definition) is 18. The van der Waals surface area contributed by atoms with E-state index in [1.165, 1.54) is 135 Å². The lowest BCUT2D eigenvalue weighted by atomic mass is 9.96. The van der Waals surface area contributed by atoms with Crippen molar-refractivity contribution in [3.63, 3.8) is 0 Å². The minimum absolute atomic E-state index is 0.00835. The first-order valence-corrected chi connectivity index (χ1v) is 33.2. The largest absolute Gasteiger partial charge is 0.394 e. The first-order chi connectivity index (χ1) is 41.8. The Morgan fingerprint density at radius 1 is 0.430 bits per heavy atom. The molecule has 3 fully saturated rings. The maximum absolute atomic E-state index is 13.3.